The van der Waals surface area contributed by atoms with Gasteiger partial charge in [-0.1, -0.05) is 13.3 Å². The summed E-state index contributed by atoms with van der Waals surface area (Å²) < 4.78 is 5.17. The van der Waals surface area contributed by atoms with E-state index in [9.17, 15) is 0 Å². The molecule has 0 heterocycles. The minimum atomic E-state index is 0.818. The van der Waals surface area contributed by atoms with E-state index in [-0.39, 0.29) is 0 Å². The monoisotopic (exact) mass is 157 g/mol. The molecule has 0 saturated carbocycles. The Kier molecular flexibility index (Phi) is 9.31. The third-order valence-corrected chi connectivity index (χ3v) is 1.33. The number of unbranched alkanes of at least 4 members (excludes halogenated alkanes) is 1. The van der Waals surface area contributed by atoms with Crippen molar-refractivity contribution in [1.29, 1.82) is 0 Å². The van der Waals surface area contributed by atoms with Gasteiger partial charge < -0.3 is 4.74 Å². The summed E-state index contributed by atoms with van der Waals surface area (Å²) in [7, 11) is 0. The van der Waals surface area contributed by atoms with Crippen molar-refractivity contribution in [3.8, 4) is 0 Å². The summed E-state index contributed by atoms with van der Waals surface area (Å²) >= 11 is 0. The Bertz CT molecular complexity index is 91.6. The van der Waals surface area contributed by atoms with Crippen LogP contribution in [0.4, 0.5) is 0 Å². The van der Waals surface area contributed by atoms with Crippen LogP contribution in [0.5, 0.6) is 0 Å². The van der Waals surface area contributed by atoms with Gasteiger partial charge in [0.1, 0.15) is 0 Å². The first-order valence-corrected chi connectivity index (χ1v) is 4.47. The molecule has 0 aliphatic rings. The highest BCUT2D eigenvalue weighted by atomic mass is 16.5. The summed E-state index contributed by atoms with van der Waals surface area (Å²) in [6.45, 7) is 6.76. The summed E-state index contributed by atoms with van der Waals surface area (Å²) in [4.78, 5) is 4.23. The van der Waals surface area contributed by atoms with E-state index in [0.717, 1.165) is 32.6 Å². The van der Waals surface area contributed by atoms with Crippen LogP contribution in [0.2, 0.25) is 0 Å². The van der Waals surface area contributed by atoms with Crippen LogP contribution < -0.4 is 0 Å². The fourth-order valence-corrected chi connectivity index (χ4v) is 0.714. The number of aliphatic imine (C=N–C) groups is 1. The van der Waals surface area contributed by atoms with E-state index in [2.05, 4.69) is 11.9 Å². The van der Waals surface area contributed by atoms with Gasteiger partial charge in [-0.05, 0) is 26.0 Å². The maximum absolute atomic E-state index is 5.17. The zero-order valence-electron chi connectivity index (χ0n) is 7.68. The van der Waals surface area contributed by atoms with Crippen LogP contribution in [-0.2, 0) is 4.74 Å². The van der Waals surface area contributed by atoms with Crippen LogP contribution in [0.25, 0.3) is 0 Å². The van der Waals surface area contributed by atoms with Gasteiger partial charge in [0.15, 0.2) is 0 Å². The second-order valence-corrected chi connectivity index (χ2v) is 2.43. The third kappa shape index (κ3) is 9.63. The number of hydrogen-bond acceptors (Lipinski definition) is 2. The lowest BCUT2D eigenvalue weighted by Crippen LogP contribution is -1.95. The number of nitrogens with zero attached hydrogens (tertiary/aromatic N) is 1. The Morgan fingerprint density at radius 1 is 1.36 bits per heavy atom. The van der Waals surface area contributed by atoms with Crippen molar-refractivity contribution in [3.05, 3.63) is 0 Å². The van der Waals surface area contributed by atoms with Crippen LogP contribution in [0.1, 0.15) is 33.1 Å². The molecule has 0 spiro atoms. The molecule has 0 bridgehead atoms. The minimum absolute atomic E-state index is 0.818. The second-order valence-electron chi connectivity index (χ2n) is 2.43. The number of hydrogen-bond donors (Lipinski definition) is 0. The standard InChI is InChI=1S/C9H19NO/c1-3-5-7-10-8-6-9-11-4-2/h7H,3-6,8-9H2,1-2H3. The molecule has 2 nitrogen and oxygen atoms in total. The average molecular weight is 157 g/mol. The maximum atomic E-state index is 5.17. The van der Waals surface area contributed by atoms with Crippen molar-refractivity contribution in [2.24, 2.45) is 4.99 Å². The van der Waals surface area contributed by atoms with Crippen LogP contribution >= 0.6 is 0 Å². The second kappa shape index (κ2) is 9.63. The first-order chi connectivity index (χ1) is 5.41. The lowest BCUT2D eigenvalue weighted by Gasteiger charge is -1.96. The van der Waals surface area contributed by atoms with Gasteiger partial charge in [-0.3, -0.25) is 4.99 Å². The van der Waals surface area contributed by atoms with E-state index < -0.39 is 0 Å². The van der Waals surface area contributed by atoms with E-state index in [1.807, 2.05) is 13.1 Å². The molecule has 0 fully saturated rings. The Hall–Kier alpha value is -0.370. The molecule has 0 atom stereocenters. The highest BCUT2D eigenvalue weighted by molar-refractivity contribution is 5.56. The highest BCUT2D eigenvalue weighted by Gasteiger charge is 1.82. The fraction of sp³-hybridized carbons (Fsp3) is 0.889. The molecule has 0 N–H and O–H groups in total. The Labute approximate surface area is 69.7 Å². The topological polar surface area (TPSA) is 21.6 Å². The van der Waals surface area contributed by atoms with Gasteiger partial charge >= 0.3 is 0 Å². The molecule has 2 heteroatoms. The number of ether oxygens (including phenoxy) is 1. The SMILES string of the molecule is CCCC=NCCCOCC. The van der Waals surface area contributed by atoms with Gasteiger partial charge in [0.2, 0.25) is 0 Å². The van der Waals surface area contributed by atoms with E-state index in [0.29, 0.717) is 0 Å². The molecule has 0 radical (unpaired) electrons. The van der Waals surface area contributed by atoms with Gasteiger partial charge in [0, 0.05) is 19.8 Å². The number of rotatable bonds is 7. The zero-order valence-corrected chi connectivity index (χ0v) is 7.68. The van der Waals surface area contributed by atoms with Crippen molar-refractivity contribution < 1.29 is 4.74 Å². The maximum Gasteiger partial charge on any atom is 0.0483 e. The van der Waals surface area contributed by atoms with Crippen molar-refractivity contribution in [2.45, 2.75) is 33.1 Å². The predicted octanol–water partition coefficient (Wildman–Crippen LogP) is 2.28. The third-order valence-electron chi connectivity index (χ3n) is 1.33. The normalized spacial score (nSPS) is 11.1. The summed E-state index contributed by atoms with van der Waals surface area (Å²) in [5.41, 5.74) is 0. The molecule has 0 unspecified atom stereocenters. The lowest BCUT2D eigenvalue weighted by atomic mass is 10.4. The Balaban J connectivity index is 2.89. The molecule has 0 aliphatic heterocycles. The Morgan fingerprint density at radius 3 is 2.82 bits per heavy atom. The molecule has 0 aliphatic carbocycles. The zero-order chi connectivity index (χ0) is 8.36. The first-order valence-electron chi connectivity index (χ1n) is 4.47. The molecular weight excluding hydrogens is 138 g/mol. The predicted molar refractivity (Wildman–Crippen MR) is 49.4 cm³/mol. The molecule has 0 rings (SSSR count). The molecule has 66 valence electrons. The van der Waals surface area contributed by atoms with Gasteiger partial charge in [-0.2, -0.15) is 0 Å². The quantitative estimate of drug-likeness (QED) is 0.410. The van der Waals surface area contributed by atoms with E-state index in [1.54, 1.807) is 0 Å². The van der Waals surface area contributed by atoms with Gasteiger partial charge in [-0.25, -0.2) is 0 Å². The Morgan fingerprint density at radius 2 is 2.18 bits per heavy atom. The fourth-order valence-electron chi connectivity index (χ4n) is 0.714. The molecule has 0 aromatic rings. The molecule has 11 heavy (non-hydrogen) atoms. The van der Waals surface area contributed by atoms with Crippen molar-refractivity contribution in [2.75, 3.05) is 19.8 Å². The molecule has 0 aromatic heterocycles. The molecular formula is C9H19NO. The van der Waals surface area contributed by atoms with Crippen LogP contribution in [-0.4, -0.2) is 26.0 Å². The summed E-state index contributed by atoms with van der Waals surface area (Å²) in [6.07, 6.45) is 5.35. The van der Waals surface area contributed by atoms with E-state index in [1.165, 1.54) is 6.42 Å². The van der Waals surface area contributed by atoms with Crippen LogP contribution in [0.3, 0.4) is 0 Å². The van der Waals surface area contributed by atoms with Crippen molar-refractivity contribution >= 4 is 6.21 Å². The first kappa shape index (κ1) is 10.6. The largest absolute Gasteiger partial charge is 0.382 e. The summed E-state index contributed by atoms with van der Waals surface area (Å²) in [6, 6.07) is 0. The average Bonchev–Trinajstić information content (AvgIpc) is 2.03. The van der Waals surface area contributed by atoms with Crippen LogP contribution in [0.15, 0.2) is 4.99 Å². The van der Waals surface area contributed by atoms with E-state index >= 15 is 0 Å². The smallest absolute Gasteiger partial charge is 0.0483 e. The van der Waals surface area contributed by atoms with Gasteiger partial charge in [-0.15, -0.1) is 0 Å². The molecule has 0 saturated heterocycles. The molecule has 0 amide bonds. The van der Waals surface area contributed by atoms with Crippen molar-refractivity contribution in [1.82, 2.24) is 0 Å². The summed E-state index contributed by atoms with van der Waals surface area (Å²) in [5.74, 6) is 0. The van der Waals surface area contributed by atoms with Crippen LogP contribution in [0, 0.1) is 0 Å². The lowest BCUT2D eigenvalue weighted by molar-refractivity contribution is 0.146. The highest BCUT2D eigenvalue weighted by Crippen LogP contribution is 1.85. The summed E-state index contributed by atoms with van der Waals surface area (Å²) in [5, 5.41) is 0. The minimum Gasteiger partial charge on any atom is -0.382 e. The van der Waals surface area contributed by atoms with E-state index in [4.69, 9.17) is 4.74 Å². The van der Waals surface area contributed by atoms with Gasteiger partial charge in [0.25, 0.3) is 0 Å². The van der Waals surface area contributed by atoms with Gasteiger partial charge in [0.05, 0.1) is 0 Å². The van der Waals surface area contributed by atoms with Crippen molar-refractivity contribution in [3.63, 3.8) is 0 Å². The molecule has 0 aromatic carbocycles.